The molecule has 0 aromatic heterocycles. The zero-order chi connectivity index (χ0) is 15.5. The summed E-state index contributed by atoms with van der Waals surface area (Å²) in [4.78, 5) is 0. The van der Waals surface area contributed by atoms with Gasteiger partial charge in [0.25, 0.3) is 0 Å². The number of benzene rings is 1. The maximum Gasteiger partial charge on any atom is 0.221 e. The van der Waals surface area contributed by atoms with Crippen molar-refractivity contribution in [2.75, 3.05) is 34.5 Å². The molecule has 0 saturated carbocycles. The van der Waals surface area contributed by atoms with Crippen molar-refractivity contribution in [3.63, 3.8) is 0 Å². The average molecular weight is 315 g/mol. The van der Waals surface area contributed by atoms with Crippen LogP contribution in [0.25, 0.3) is 0 Å². The highest BCUT2D eigenvalue weighted by molar-refractivity contribution is 7.89. The van der Waals surface area contributed by atoms with Crippen molar-refractivity contribution in [3.05, 3.63) is 29.8 Å². The Morgan fingerprint density at radius 3 is 2.76 bits per heavy atom. The van der Waals surface area contributed by atoms with Crippen LogP contribution in [0.5, 0.6) is 5.75 Å². The van der Waals surface area contributed by atoms with E-state index in [4.69, 9.17) is 14.2 Å². The molecule has 1 aliphatic rings. The molecule has 2 atom stereocenters. The molecule has 0 N–H and O–H groups in total. The van der Waals surface area contributed by atoms with Crippen LogP contribution in [0.4, 0.5) is 0 Å². The number of sulfonamides is 1. The SMILES string of the molecule is COc1cccc(CN(C)S(=O)(=O)C2COCC2OC)c1. The fourth-order valence-electron chi connectivity index (χ4n) is 2.36. The molecule has 21 heavy (non-hydrogen) atoms. The molecule has 118 valence electrons. The van der Waals surface area contributed by atoms with Gasteiger partial charge in [-0.2, -0.15) is 0 Å². The van der Waals surface area contributed by atoms with Gasteiger partial charge in [-0.1, -0.05) is 12.1 Å². The lowest BCUT2D eigenvalue weighted by Crippen LogP contribution is -2.42. The minimum absolute atomic E-state index is 0.170. The van der Waals surface area contributed by atoms with Crippen LogP contribution in [0.15, 0.2) is 24.3 Å². The van der Waals surface area contributed by atoms with E-state index in [-0.39, 0.29) is 13.2 Å². The third-order valence-corrected chi connectivity index (χ3v) is 5.84. The Morgan fingerprint density at radius 1 is 1.33 bits per heavy atom. The monoisotopic (exact) mass is 315 g/mol. The third kappa shape index (κ3) is 3.55. The molecule has 1 aromatic carbocycles. The van der Waals surface area contributed by atoms with Crippen LogP contribution in [-0.2, 0) is 26.0 Å². The van der Waals surface area contributed by atoms with Crippen molar-refractivity contribution in [2.24, 2.45) is 0 Å². The van der Waals surface area contributed by atoms with Crippen molar-refractivity contribution >= 4 is 10.0 Å². The molecule has 0 amide bonds. The number of nitrogens with zero attached hydrogens (tertiary/aromatic N) is 1. The molecule has 0 bridgehead atoms. The van der Waals surface area contributed by atoms with E-state index < -0.39 is 21.4 Å². The number of hydrogen-bond acceptors (Lipinski definition) is 5. The van der Waals surface area contributed by atoms with E-state index in [2.05, 4.69) is 0 Å². The van der Waals surface area contributed by atoms with Gasteiger partial charge in [0.05, 0.1) is 20.3 Å². The quantitative estimate of drug-likeness (QED) is 0.779. The second-order valence-electron chi connectivity index (χ2n) is 5.00. The fraction of sp³-hybridized carbons (Fsp3) is 0.571. The van der Waals surface area contributed by atoms with Crippen LogP contribution in [0.2, 0.25) is 0 Å². The Hall–Kier alpha value is -1.15. The van der Waals surface area contributed by atoms with Gasteiger partial charge >= 0.3 is 0 Å². The molecule has 0 spiro atoms. The normalized spacial score (nSPS) is 22.7. The molecule has 0 radical (unpaired) electrons. The average Bonchev–Trinajstić information content (AvgIpc) is 2.96. The van der Waals surface area contributed by atoms with E-state index in [0.29, 0.717) is 12.4 Å². The smallest absolute Gasteiger partial charge is 0.221 e. The summed E-state index contributed by atoms with van der Waals surface area (Å²) in [6.45, 7) is 0.767. The van der Waals surface area contributed by atoms with Gasteiger partial charge in [0.15, 0.2) is 0 Å². The summed E-state index contributed by atoms with van der Waals surface area (Å²) in [6.07, 6.45) is -0.414. The van der Waals surface area contributed by atoms with Gasteiger partial charge in [-0.25, -0.2) is 12.7 Å². The van der Waals surface area contributed by atoms with E-state index in [9.17, 15) is 8.42 Å². The van der Waals surface area contributed by atoms with E-state index in [1.54, 1.807) is 14.2 Å². The van der Waals surface area contributed by atoms with E-state index in [0.717, 1.165) is 5.56 Å². The number of rotatable bonds is 6. The predicted molar refractivity (Wildman–Crippen MR) is 78.8 cm³/mol. The molecule has 1 aliphatic heterocycles. The minimum atomic E-state index is -3.48. The van der Waals surface area contributed by atoms with Gasteiger partial charge in [-0.05, 0) is 17.7 Å². The lowest BCUT2D eigenvalue weighted by atomic mass is 10.2. The third-order valence-electron chi connectivity index (χ3n) is 3.64. The summed E-state index contributed by atoms with van der Waals surface area (Å²) in [6, 6.07) is 7.35. The first-order chi connectivity index (χ1) is 9.98. The Kier molecular flexibility index (Phi) is 5.21. The van der Waals surface area contributed by atoms with E-state index >= 15 is 0 Å². The Labute approximate surface area is 125 Å². The molecular formula is C14H21NO5S. The van der Waals surface area contributed by atoms with Crippen LogP contribution in [0, 0.1) is 0 Å². The lowest BCUT2D eigenvalue weighted by Gasteiger charge is -2.24. The molecule has 2 rings (SSSR count). The van der Waals surface area contributed by atoms with E-state index in [1.165, 1.54) is 11.4 Å². The Morgan fingerprint density at radius 2 is 2.10 bits per heavy atom. The summed E-state index contributed by atoms with van der Waals surface area (Å²) in [5, 5.41) is -0.655. The van der Waals surface area contributed by atoms with Crippen LogP contribution in [0.1, 0.15) is 5.56 Å². The van der Waals surface area contributed by atoms with Gasteiger partial charge in [-0.15, -0.1) is 0 Å². The Bertz CT molecular complexity index is 574. The summed E-state index contributed by atoms with van der Waals surface area (Å²) in [5.41, 5.74) is 0.869. The van der Waals surface area contributed by atoms with Crippen LogP contribution in [-0.4, -0.2) is 58.6 Å². The first-order valence-electron chi connectivity index (χ1n) is 6.67. The topological polar surface area (TPSA) is 65.1 Å². The second kappa shape index (κ2) is 6.74. The summed E-state index contributed by atoms with van der Waals surface area (Å²) >= 11 is 0. The number of hydrogen-bond donors (Lipinski definition) is 0. The van der Waals surface area contributed by atoms with Crippen LogP contribution < -0.4 is 4.74 Å². The molecule has 6 nitrogen and oxygen atoms in total. The van der Waals surface area contributed by atoms with Crippen LogP contribution in [0.3, 0.4) is 0 Å². The van der Waals surface area contributed by atoms with Gasteiger partial charge in [0.1, 0.15) is 17.1 Å². The number of methoxy groups -OCH3 is 2. The maximum absolute atomic E-state index is 12.6. The highest BCUT2D eigenvalue weighted by atomic mass is 32.2. The zero-order valence-corrected chi connectivity index (χ0v) is 13.3. The first-order valence-corrected chi connectivity index (χ1v) is 8.18. The highest BCUT2D eigenvalue weighted by Gasteiger charge is 2.41. The fourth-order valence-corrected chi connectivity index (χ4v) is 3.99. The molecule has 7 heteroatoms. The van der Waals surface area contributed by atoms with Crippen molar-refractivity contribution in [2.45, 2.75) is 17.9 Å². The Balaban J connectivity index is 2.12. The summed E-state index contributed by atoms with van der Waals surface area (Å²) in [7, 11) is 1.18. The summed E-state index contributed by atoms with van der Waals surface area (Å²) < 4.78 is 42.1. The molecule has 1 fully saturated rings. The summed E-state index contributed by atoms with van der Waals surface area (Å²) in [5.74, 6) is 0.706. The second-order valence-corrected chi connectivity index (χ2v) is 7.26. The highest BCUT2D eigenvalue weighted by Crippen LogP contribution is 2.22. The van der Waals surface area contributed by atoms with Crippen LogP contribution >= 0.6 is 0 Å². The maximum atomic E-state index is 12.6. The van der Waals surface area contributed by atoms with Gasteiger partial charge < -0.3 is 14.2 Å². The van der Waals surface area contributed by atoms with Crippen molar-refractivity contribution in [3.8, 4) is 5.75 Å². The molecule has 1 aromatic rings. The minimum Gasteiger partial charge on any atom is -0.497 e. The zero-order valence-electron chi connectivity index (χ0n) is 12.5. The van der Waals surface area contributed by atoms with Crippen molar-refractivity contribution in [1.82, 2.24) is 4.31 Å². The largest absolute Gasteiger partial charge is 0.497 e. The van der Waals surface area contributed by atoms with Crippen molar-refractivity contribution in [1.29, 1.82) is 0 Å². The lowest BCUT2D eigenvalue weighted by molar-refractivity contribution is 0.0825. The van der Waals surface area contributed by atoms with Crippen molar-refractivity contribution < 1.29 is 22.6 Å². The standard InChI is InChI=1S/C14H21NO5S/c1-15(8-11-5-4-6-12(7-11)18-2)21(16,17)14-10-20-9-13(14)19-3/h4-7,13-14H,8-10H2,1-3H3. The first kappa shape index (κ1) is 16.2. The van der Waals surface area contributed by atoms with Gasteiger partial charge in [0, 0.05) is 20.7 Å². The number of ether oxygens (including phenoxy) is 3. The van der Waals surface area contributed by atoms with Gasteiger partial charge in [0.2, 0.25) is 10.0 Å². The van der Waals surface area contributed by atoms with Gasteiger partial charge in [-0.3, -0.25) is 0 Å². The molecule has 0 aliphatic carbocycles. The predicted octanol–water partition coefficient (Wildman–Crippen LogP) is 0.871. The molecular weight excluding hydrogens is 294 g/mol. The molecule has 2 unspecified atom stereocenters. The molecule has 1 heterocycles. The molecule has 1 saturated heterocycles. The van der Waals surface area contributed by atoms with E-state index in [1.807, 2.05) is 24.3 Å².